The maximum absolute atomic E-state index is 13.0. The standard InChI is InChI=1S/C23H27NO5/c1-28-17-11-9-16(10-12-17)21(25)19-20(15-6-3-2-4-7-15)24(23(27)22(19)26)14-18-8-5-13-29-18/h2-3,9-12,15,18,20,25H,4-8,13-14H2,1H3/b21-19+. The Morgan fingerprint density at radius 2 is 2.00 bits per heavy atom. The lowest BCUT2D eigenvalue weighted by molar-refractivity contribution is -0.141. The van der Waals surface area contributed by atoms with E-state index in [9.17, 15) is 14.7 Å². The highest BCUT2D eigenvalue weighted by molar-refractivity contribution is 6.46. The number of likely N-dealkylation sites (tertiary alicyclic amines) is 1. The lowest BCUT2D eigenvalue weighted by Crippen LogP contribution is -2.43. The van der Waals surface area contributed by atoms with Crippen LogP contribution in [0.25, 0.3) is 5.76 Å². The van der Waals surface area contributed by atoms with E-state index in [1.807, 2.05) is 0 Å². The van der Waals surface area contributed by atoms with Crippen LogP contribution in [0.1, 0.15) is 37.7 Å². The SMILES string of the molecule is COc1ccc(/C(O)=C2\C(=O)C(=O)N(CC3CCCO3)C2C2CC=CCC2)cc1. The molecule has 29 heavy (non-hydrogen) atoms. The highest BCUT2D eigenvalue weighted by Crippen LogP contribution is 2.38. The number of aliphatic hydroxyl groups excluding tert-OH is 1. The number of aliphatic hydroxyl groups is 1. The molecule has 6 nitrogen and oxygen atoms in total. The highest BCUT2D eigenvalue weighted by atomic mass is 16.5. The quantitative estimate of drug-likeness (QED) is 0.357. The van der Waals surface area contributed by atoms with Crippen molar-refractivity contribution in [3.05, 3.63) is 47.6 Å². The minimum absolute atomic E-state index is 0.0455. The summed E-state index contributed by atoms with van der Waals surface area (Å²) in [4.78, 5) is 27.6. The zero-order valence-corrected chi connectivity index (χ0v) is 16.7. The maximum Gasteiger partial charge on any atom is 0.295 e. The van der Waals surface area contributed by atoms with E-state index in [4.69, 9.17) is 9.47 Å². The Kier molecular flexibility index (Phi) is 5.72. The van der Waals surface area contributed by atoms with Gasteiger partial charge >= 0.3 is 0 Å². The third kappa shape index (κ3) is 3.81. The Labute approximate surface area is 170 Å². The minimum Gasteiger partial charge on any atom is -0.507 e. The zero-order chi connectivity index (χ0) is 20.4. The molecule has 1 aliphatic carbocycles. The number of rotatable bonds is 5. The van der Waals surface area contributed by atoms with Gasteiger partial charge in [-0.15, -0.1) is 0 Å². The van der Waals surface area contributed by atoms with Gasteiger partial charge in [-0.25, -0.2) is 0 Å². The van der Waals surface area contributed by atoms with Gasteiger partial charge < -0.3 is 19.5 Å². The molecule has 0 spiro atoms. The van der Waals surface area contributed by atoms with E-state index in [0.29, 0.717) is 24.5 Å². The van der Waals surface area contributed by atoms with Crippen molar-refractivity contribution in [2.45, 2.75) is 44.2 Å². The molecule has 4 rings (SSSR count). The van der Waals surface area contributed by atoms with Gasteiger partial charge in [-0.05, 0) is 62.3 Å². The lowest BCUT2D eigenvalue weighted by atomic mass is 9.83. The average molecular weight is 397 g/mol. The van der Waals surface area contributed by atoms with E-state index in [1.165, 1.54) is 0 Å². The number of ketones is 1. The number of allylic oxidation sites excluding steroid dienone is 2. The van der Waals surface area contributed by atoms with Gasteiger partial charge in [0.25, 0.3) is 11.7 Å². The van der Waals surface area contributed by atoms with Gasteiger partial charge in [0, 0.05) is 18.7 Å². The van der Waals surface area contributed by atoms with Crippen LogP contribution in [0.3, 0.4) is 0 Å². The first-order valence-electron chi connectivity index (χ1n) is 10.3. The largest absolute Gasteiger partial charge is 0.507 e. The Bertz CT molecular complexity index is 835. The van der Waals surface area contributed by atoms with Crippen molar-refractivity contribution in [3.8, 4) is 5.75 Å². The molecule has 0 saturated carbocycles. The second-order valence-corrected chi connectivity index (χ2v) is 7.90. The molecule has 2 fully saturated rings. The van der Waals surface area contributed by atoms with E-state index in [2.05, 4.69) is 12.2 Å². The molecule has 1 aromatic rings. The summed E-state index contributed by atoms with van der Waals surface area (Å²) >= 11 is 0. The molecule has 3 unspecified atom stereocenters. The van der Waals surface area contributed by atoms with Crippen LogP contribution in [0, 0.1) is 5.92 Å². The summed E-state index contributed by atoms with van der Waals surface area (Å²) in [7, 11) is 1.57. The number of nitrogens with zero attached hydrogens (tertiary/aromatic N) is 1. The number of hydrogen-bond acceptors (Lipinski definition) is 5. The van der Waals surface area contributed by atoms with Crippen molar-refractivity contribution in [2.75, 3.05) is 20.3 Å². The molecule has 3 aliphatic rings. The van der Waals surface area contributed by atoms with E-state index in [0.717, 1.165) is 32.1 Å². The van der Waals surface area contributed by atoms with E-state index < -0.39 is 17.7 Å². The molecule has 2 aliphatic heterocycles. The van der Waals surface area contributed by atoms with E-state index >= 15 is 0 Å². The van der Waals surface area contributed by atoms with Crippen LogP contribution in [0.5, 0.6) is 5.75 Å². The lowest BCUT2D eigenvalue weighted by Gasteiger charge is -2.33. The van der Waals surface area contributed by atoms with Gasteiger partial charge in [0.15, 0.2) is 0 Å². The normalized spacial score (nSPS) is 28.9. The van der Waals surface area contributed by atoms with Crippen LogP contribution in [0.15, 0.2) is 42.0 Å². The molecular weight excluding hydrogens is 370 g/mol. The first-order valence-corrected chi connectivity index (χ1v) is 10.3. The van der Waals surface area contributed by atoms with Crippen molar-refractivity contribution in [2.24, 2.45) is 5.92 Å². The summed E-state index contributed by atoms with van der Waals surface area (Å²) in [6.07, 6.45) is 8.62. The molecular formula is C23H27NO5. The third-order valence-corrected chi connectivity index (χ3v) is 6.13. The van der Waals surface area contributed by atoms with E-state index in [1.54, 1.807) is 36.3 Å². The molecule has 6 heteroatoms. The van der Waals surface area contributed by atoms with Crippen LogP contribution in [0.2, 0.25) is 0 Å². The summed E-state index contributed by atoms with van der Waals surface area (Å²) in [6.45, 7) is 1.09. The summed E-state index contributed by atoms with van der Waals surface area (Å²) in [5.41, 5.74) is 0.732. The van der Waals surface area contributed by atoms with Crippen LogP contribution < -0.4 is 4.74 Å². The molecule has 0 radical (unpaired) electrons. The molecule has 3 atom stereocenters. The minimum atomic E-state index is -0.601. The monoisotopic (exact) mass is 397 g/mol. The number of amides is 1. The van der Waals surface area contributed by atoms with Crippen molar-refractivity contribution >= 4 is 17.4 Å². The van der Waals surface area contributed by atoms with Gasteiger partial charge in [0.1, 0.15) is 11.5 Å². The predicted octanol–water partition coefficient (Wildman–Crippen LogP) is 3.28. The fourth-order valence-corrected chi connectivity index (χ4v) is 4.61. The Morgan fingerprint density at radius 1 is 1.21 bits per heavy atom. The highest BCUT2D eigenvalue weighted by Gasteiger charge is 2.49. The maximum atomic E-state index is 13.0. The third-order valence-electron chi connectivity index (χ3n) is 6.13. The second-order valence-electron chi connectivity index (χ2n) is 7.90. The average Bonchev–Trinajstić information content (AvgIpc) is 3.36. The fourth-order valence-electron chi connectivity index (χ4n) is 4.61. The number of carbonyl (C=O) groups is 2. The first kappa shape index (κ1) is 19.7. The van der Waals surface area contributed by atoms with Gasteiger partial charge in [-0.3, -0.25) is 9.59 Å². The van der Waals surface area contributed by atoms with Gasteiger partial charge in [0.05, 0.1) is 24.8 Å². The number of Topliss-reactive ketones (excluding diaryl/α,β-unsaturated/α-hetero) is 1. The summed E-state index contributed by atoms with van der Waals surface area (Å²) < 4.78 is 10.9. The Morgan fingerprint density at radius 3 is 2.62 bits per heavy atom. The topological polar surface area (TPSA) is 76.1 Å². The number of hydrogen-bond donors (Lipinski definition) is 1. The number of benzene rings is 1. The van der Waals surface area contributed by atoms with Crippen LogP contribution in [-0.2, 0) is 14.3 Å². The van der Waals surface area contributed by atoms with Crippen molar-refractivity contribution in [1.29, 1.82) is 0 Å². The van der Waals surface area contributed by atoms with Gasteiger partial charge in [0.2, 0.25) is 0 Å². The zero-order valence-electron chi connectivity index (χ0n) is 16.7. The molecule has 1 amide bonds. The molecule has 2 saturated heterocycles. The van der Waals surface area contributed by atoms with Crippen molar-refractivity contribution < 1.29 is 24.2 Å². The van der Waals surface area contributed by atoms with E-state index in [-0.39, 0.29) is 23.4 Å². The van der Waals surface area contributed by atoms with Gasteiger partial charge in [-0.1, -0.05) is 12.2 Å². The Balaban J connectivity index is 1.73. The fraction of sp³-hybridized carbons (Fsp3) is 0.478. The van der Waals surface area contributed by atoms with Crippen LogP contribution in [0.4, 0.5) is 0 Å². The summed E-state index contributed by atoms with van der Waals surface area (Å²) in [5, 5.41) is 11.0. The predicted molar refractivity (Wildman–Crippen MR) is 109 cm³/mol. The summed E-state index contributed by atoms with van der Waals surface area (Å²) in [6, 6.07) is 6.45. The van der Waals surface area contributed by atoms with Gasteiger partial charge in [-0.2, -0.15) is 0 Å². The van der Waals surface area contributed by atoms with Crippen LogP contribution in [-0.4, -0.2) is 54.1 Å². The molecule has 2 heterocycles. The Hall–Kier alpha value is -2.60. The molecule has 0 aromatic heterocycles. The second kappa shape index (κ2) is 8.41. The molecule has 1 aromatic carbocycles. The number of methoxy groups -OCH3 is 1. The molecule has 1 N–H and O–H groups in total. The molecule has 154 valence electrons. The van der Waals surface area contributed by atoms with Crippen molar-refractivity contribution in [3.63, 3.8) is 0 Å². The summed E-state index contributed by atoms with van der Waals surface area (Å²) in [5.74, 6) is -0.479. The molecule has 0 bridgehead atoms. The van der Waals surface area contributed by atoms with Crippen molar-refractivity contribution in [1.82, 2.24) is 4.90 Å². The number of carbonyl (C=O) groups excluding carboxylic acids is 2. The van der Waals surface area contributed by atoms with Crippen LogP contribution >= 0.6 is 0 Å². The smallest absolute Gasteiger partial charge is 0.295 e. The first-order chi connectivity index (χ1) is 14.1. The number of ether oxygens (including phenoxy) is 2.